The Morgan fingerprint density at radius 1 is 1.26 bits per heavy atom. The molecule has 0 aliphatic carbocycles. The van der Waals surface area contributed by atoms with Crippen LogP contribution in [0.3, 0.4) is 0 Å². The summed E-state index contributed by atoms with van der Waals surface area (Å²) < 4.78 is 43.1. The van der Waals surface area contributed by atoms with Gasteiger partial charge in [0.2, 0.25) is 0 Å². The van der Waals surface area contributed by atoms with Crippen LogP contribution in [0.4, 0.5) is 18.9 Å². The van der Waals surface area contributed by atoms with Crippen LogP contribution in [0.5, 0.6) is 5.75 Å². The smallest absolute Gasteiger partial charge is 0.416 e. The summed E-state index contributed by atoms with van der Waals surface area (Å²) in [6.07, 6.45) is -4.53. The Morgan fingerprint density at radius 3 is 2.26 bits per heavy atom. The van der Waals surface area contributed by atoms with Crippen molar-refractivity contribution in [3.63, 3.8) is 0 Å². The highest BCUT2D eigenvalue weighted by Crippen LogP contribution is 2.35. The summed E-state index contributed by atoms with van der Waals surface area (Å²) in [6, 6.07) is 2.99. The summed E-state index contributed by atoms with van der Waals surface area (Å²) in [5, 5.41) is 11.5. The van der Waals surface area contributed by atoms with E-state index >= 15 is 0 Å². The standard InChI is InChI=1S/C12H14F3NO3/c1-11(2,10(17)18)19-9-5-7(12(13,14)15)4-8(6-9)16-3/h4-6,16H,1-3H3,(H,17,18). The molecule has 0 heterocycles. The van der Waals surface area contributed by atoms with Crippen molar-refractivity contribution in [1.29, 1.82) is 0 Å². The highest BCUT2D eigenvalue weighted by atomic mass is 19.4. The summed E-state index contributed by atoms with van der Waals surface area (Å²) in [7, 11) is 1.46. The molecule has 106 valence electrons. The molecule has 0 radical (unpaired) electrons. The number of benzene rings is 1. The number of nitrogens with one attached hydrogen (secondary N) is 1. The lowest BCUT2D eigenvalue weighted by Gasteiger charge is -2.22. The molecule has 0 aromatic heterocycles. The van der Waals surface area contributed by atoms with Crippen LogP contribution in [-0.2, 0) is 11.0 Å². The van der Waals surface area contributed by atoms with E-state index in [0.29, 0.717) is 0 Å². The number of aliphatic carboxylic acids is 1. The molecule has 0 amide bonds. The number of halogens is 3. The third kappa shape index (κ3) is 3.77. The monoisotopic (exact) mass is 277 g/mol. The first-order chi connectivity index (χ1) is 8.56. The predicted octanol–water partition coefficient (Wildman–Crippen LogP) is 2.99. The van der Waals surface area contributed by atoms with Gasteiger partial charge in [-0.2, -0.15) is 13.2 Å². The van der Waals surface area contributed by atoms with E-state index in [-0.39, 0.29) is 11.4 Å². The second kappa shape index (κ2) is 4.99. The van der Waals surface area contributed by atoms with E-state index in [9.17, 15) is 18.0 Å². The van der Waals surface area contributed by atoms with Gasteiger partial charge in [0, 0.05) is 18.8 Å². The van der Waals surface area contributed by atoms with Crippen LogP contribution in [0.15, 0.2) is 18.2 Å². The van der Waals surface area contributed by atoms with Gasteiger partial charge in [-0.05, 0) is 26.0 Å². The lowest BCUT2D eigenvalue weighted by molar-refractivity contribution is -0.152. The van der Waals surface area contributed by atoms with Gasteiger partial charge in [0.05, 0.1) is 5.56 Å². The zero-order chi connectivity index (χ0) is 14.8. The van der Waals surface area contributed by atoms with Gasteiger partial charge in [0.15, 0.2) is 5.60 Å². The van der Waals surface area contributed by atoms with E-state index in [2.05, 4.69) is 5.32 Å². The lowest BCUT2D eigenvalue weighted by atomic mass is 10.1. The van der Waals surface area contributed by atoms with E-state index in [1.807, 2.05) is 0 Å². The topological polar surface area (TPSA) is 58.6 Å². The SMILES string of the molecule is CNc1cc(OC(C)(C)C(=O)O)cc(C(F)(F)F)c1. The van der Waals surface area contributed by atoms with Crippen LogP contribution >= 0.6 is 0 Å². The number of rotatable bonds is 4. The Hall–Kier alpha value is -1.92. The Balaban J connectivity index is 3.18. The van der Waals surface area contributed by atoms with E-state index < -0.39 is 23.3 Å². The Morgan fingerprint density at radius 2 is 1.84 bits per heavy atom. The first-order valence-electron chi connectivity index (χ1n) is 5.38. The first-order valence-corrected chi connectivity index (χ1v) is 5.38. The molecule has 7 heteroatoms. The summed E-state index contributed by atoms with van der Waals surface area (Å²) in [4.78, 5) is 10.9. The minimum absolute atomic E-state index is 0.161. The van der Waals surface area contributed by atoms with Crippen molar-refractivity contribution in [2.75, 3.05) is 12.4 Å². The van der Waals surface area contributed by atoms with Gasteiger partial charge >= 0.3 is 12.1 Å². The van der Waals surface area contributed by atoms with Crippen LogP contribution in [0.2, 0.25) is 0 Å². The minimum Gasteiger partial charge on any atom is -0.478 e. The largest absolute Gasteiger partial charge is 0.478 e. The number of carboxylic acids is 1. The van der Waals surface area contributed by atoms with Crippen LogP contribution in [0, 0.1) is 0 Å². The van der Waals surface area contributed by atoms with Gasteiger partial charge < -0.3 is 15.2 Å². The van der Waals surface area contributed by atoms with Gasteiger partial charge in [-0.1, -0.05) is 0 Å². The zero-order valence-electron chi connectivity index (χ0n) is 10.6. The molecule has 1 rings (SSSR count). The Bertz CT molecular complexity index is 484. The fourth-order valence-electron chi connectivity index (χ4n) is 1.30. The quantitative estimate of drug-likeness (QED) is 0.888. The lowest BCUT2D eigenvalue weighted by Crippen LogP contribution is -2.37. The predicted molar refractivity (Wildman–Crippen MR) is 63.3 cm³/mol. The highest BCUT2D eigenvalue weighted by Gasteiger charge is 2.33. The highest BCUT2D eigenvalue weighted by molar-refractivity contribution is 5.76. The average molecular weight is 277 g/mol. The van der Waals surface area contributed by atoms with Crippen molar-refractivity contribution in [1.82, 2.24) is 0 Å². The molecule has 19 heavy (non-hydrogen) atoms. The second-order valence-corrected chi connectivity index (χ2v) is 4.41. The molecule has 1 aromatic rings. The number of carboxylic acid groups (broad SMARTS) is 1. The number of anilines is 1. The molecular weight excluding hydrogens is 263 g/mol. The van der Waals surface area contributed by atoms with Crippen molar-refractivity contribution in [2.24, 2.45) is 0 Å². The van der Waals surface area contributed by atoms with Gasteiger partial charge in [-0.15, -0.1) is 0 Å². The molecule has 1 aromatic carbocycles. The van der Waals surface area contributed by atoms with Gasteiger partial charge in [-0.25, -0.2) is 4.79 Å². The van der Waals surface area contributed by atoms with Crippen LogP contribution in [0.1, 0.15) is 19.4 Å². The van der Waals surface area contributed by atoms with E-state index in [1.54, 1.807) is 0 Å². The van der Waals surface area contributed by atoms with Crippen molar-refractivity contribution >= 4 is 11.7 Å². The van der Waals surface area contributed by atoms with Crippen molar-refractivity contribution in [2.45, 2.75) is 25.6 Å². The molecule has 0 aliphatic rings. The van der Waals surface area contributed by atoms with Gasteiger partial charge in [-0.3, -0.25) is 0 Å². The zero-order valence-corrected chi connectivity index (χ0v) is 10.6. The number of hydrogen-bond donors (Lipinski definition) is 2. The maximum atomic E-state index is 12.7. The number of carbonyl (C=O) groups is 1. The second-order valence-electron chi connectivity index (χ2n) is 4.41. The molecule has 0 saturated carbocycles. The molecule has 0 unspecified atom stereocenters. The van der Waals surface area contributed by atoms with E-state index in [0.717, 1.165) is 12.1 Å². The summed E-state index contributed by atoms with van der Waals surface area (Å²) in [5.74, 6) is -1.43. The molecule has 0 atom stereocenters. The third-order valence-corrected chi connectivity index (χ3v) is 2.41. The van der Waals surface area contributed by atoms with Gasteiger partial charge in [0.25, 0.3) is 0 Å². The van der Waals surface area contributed by atoms with Crippen molar-refractivity contribution in [3.05, 3.63) is 23.8 Å². The summed E-state index contributed by atoms with van der Waals surface area (Å²) in [5.41, 5.74) is -2.34. The summed E-state index contributed by atoms with van der Waals surface area (Å²) in [6.45, 7) is 2.52. The van der Waals surface area contributed by atoms with Crippen molar-refractivity contribution in [3.8, 4) is 5.75 Å². The Labute approximate surface area is 108 Å². The number of hydrogen-bond acceptors (Lipinski definition) is 3. The van der Waals surface area contributed by atoms with Crippen LogP contribution < -0.4 is 10.1 Å². The maximum Gasteiger partial charge on any atom is 0.416 e. The first kappa shape index (κ1) is 15.1. The van der Waals surface area contributed by atoms with E-state index in [1.165, 1.54) is 27.0 Å². The summed E-state index contributed by atoms with van der Waals surface area (Å²) >= 11 is 0. The Kier molecular flexibility index (Phi) is 3.97. The van der Waals surface area contributed by atoms with E-state index in [4.69, 9.17) is 9.84 Å². The fourth-order valence-corrected chi connectivity index (χ4v) is 1.30. The minimum atomic E-state index is -4.53. The van der Waals surface area contributed by atoms with Crippen LogP contribution in [0.25, 0.3) is 0 Å². The molecular formula is C12H14F3NO3. The molecule has 2 N–H and O–H groups in total. The average Bonchev–Trinajstić information content (AvgIpc) is 2.26. The molecule has 0 spiro atoms. The molecule has 4 nitrogen and oxygen atoms in total. The van der Waals surface area contributed by atoms with Gasteiger partial charge in [0.1, 0.15) is 5.75 Å². The van der Waals surface area contributed by atoms with Crippen molar-refractivity contribution < 1.29 is 27.8 Å². The third-order valence-electron chi connectivity index (χ3n) is 2.41. The molecule has 0 bridgehead atoms. The van der Waals surface area contributed by atoms with Crippen LogP contribution in [-0.4, -0.2) is 23.7 Å². The molecule has 0 fully saturated rings. The number of ether oxygens (including phenoxy) is 1. The maximum absolute atomic E-state index is 12.7. The normalized spacial score (nSPS) is 12.1. The molecule has 0 saturated heterocycles. The molecule has 0 aliphatic heterocycles. The fraction of sp³-hybridized carbons (Fsp3) is 0.417. The number of alkyl halides is 3.